The fourth-order valence-corrected chi connectivity index (χ4v) is 1.58. The van der Waals surface area contributed by atoms with Crippen LogP contribution in [0.1, 0.15) is 31.9 Å². The zero-order valence-electron chi connectivity index (χ0n) is 12.1. The first-order valence-corrected chi connectivity index (χ1v) is 6.56. The Morgan fingerprint density at radius 2 is 2.05 bits per heavy atom. The van der Waals surface area contributed by atoms with Crippen LogP contribution in [-0.4, -0.2) is 12.5 Å². The Balaban J connectivity index is 2.83. The van der Waals surface area contributed by atoms with E-state index in [0.717, 1.165) is 16.8 Å². The predicted molar refractivity (Wildman–Crippen MR) is 79.7 cm³/mol. The molecule has 1 amide bonds. The fraction of sp³-hybridized carbons (Fsp3) is 0.438. The molecule has 0 spiro atoms. The van der Waals surface area contributed by atoms with Crippen molar-refractivity contribution < 1.29 is 4.79 Å². The van der Waals surface area contributed by atoms with E-state index in [4.69, 9.17) is 5.73 Å². The van der Waals surface area contributed by atoms with Crippen LogP contribution < -0.4 is 11.1 Å². The van der Waals surface area contributed by atoms with Crippen molar-refractivity contribution in [1.29, 1.82) is 0 Å². The highest BCUT2D eigenvalue weighted by Gasteiger charge is 2.17. The van der Waals surface area contributed by atoms with Crippen LogP contribution in [0.4, 0.5) is 5.69 Å². The number of nitrogens with one attached hydrogen (secondary N) is 1. The molecule has 0 aliphatic rings. The van der Waals surface area contributed by atoms with E-state index in [1.165, 1.54) is 0 Å². The van der Waals surface area contributed by atoms with Gasteiger partial charge < -0.3 is 11.1 Å². The molecule has 0 aromatic heterocycles. The van der Waals surface area contributed by atoms with Crippen molar-refractivity contribution in [2.75, 3.05) is 11.9 Å². The summed E-state index contributed by atoms with van der Waals surface area (Å²) >= 11 is 0. The molecule has 0 saturated heterocycles. The summed E-state index contributed by atoms with van der Waals surface area (Å²) in [6.07, 6.45) is 0. The third kappa shape index (κ3) is 4.42. The van der Waals surface area contributed by atoms with E-state index in [1.54, 1.807) is 0 Å². The van der Waals surface area contributed by atoms with E-state index in [0.29, 0.717) is 12.5 Å². The summed E-state index contributed by atoms with van der Waals surface area (Å²) in [6.45, 7) is 8.34. The summed E-state index contributed by atoms with van der Waals surface area (Å²) in [7, 11) is 0. The van der Waals surface area contributed by atoms with Crippen LogP contribution in [0.5, 0.6) is 0 Å². The van der Waals surface area contributed by atoms with Crippen molar-refractivity contribution in [3.8, 4) is 11.8 Å². The minimum absolute atomic E-state index is 0.00360. The summed E-state index contributed by atoms with van der Waals surface area (Å²) in [5, 5.41) is 2.96. The summed E-state index contributed by atoms with van der Waals surface area (Å²) in [5.41, 5.74) is 8.11. The lowest BCUT2D eigenvalue weighted by atomic mass is 9.97. The minimum Gasteiger partial charge on any atom is -0.326 e. The van der Waals surface area contributed by atoms with Crippen molar-refractivity contribution in [2.45, 2.75) is 27.7 Å². The molecular weight excluding hydrogens is 236 g/mol. The molecule has 0 fully saturated rings. The Labute approximate surface area is 115 Å². The van der Waals surface area contributed by atoms with Gasteiger partial charge in [0.1, 0.15) is 0 Å². The first-order valence-electron chi connectivity index (χ1n) is 6.56. The van der Waals surface area contributed by atoms with E-state index in [-0.39, 0.29) is 11.8 Å². The molecule has 1 aromatic rings. The van der Waals surface area contributed by atoms with Gasteiger partial charge in [0.15, 0.2) is 0 Å². The number of anilines is 1. The number of hydrogen-bond donors (Lipinski definition) is 2. The van der Waals surface area contributed by atoms with E-state index in [9.17, 15) is 4.79 Å². The quantitative estimate of drug-likeness (QED) is 0.819. The Morgan fingerprint density at radius 1 is 1.37 bits per heavy atom. The normalized spacial score (nSPS) is 11.7. The number of aryl methyl sites for hydroxylation is 1. The average Bonchev–Trinajstić information content (AvgIpc) is 2.37. The highest BCUT2D eigenvalue weighted by molar-refractivity contribution is 5.93. The van der Waals surface area contributed by atoms with Crippen LogP contribution in [-0.2, 0) is 4.79 Å². The number of carbonyl (C=O) groups excluding carboxylic acids is 1. The SMILES string of the molecule is Cc1cc(C#CCN)ccc1NC(=O)C(C)C(C)C. The Kier molecular flexibility index (Phi) is 5.59. The van der Waals surface area contributed by atoms with E-state index in [1.807, 2.05) is 45.9 Å². The van der Waals surface area contributed by atoms with Gasteiger partial charge in [-0.2, -0.15) is 0 Å². The van der Waals surface area contributed by atoms with Crippen molar-refractivity contribution >= 4 is 11.6 Å². The third-order valence-corrected chi connectivity index (χ3v) is 3.23. The number of rotatable bonds is 3. The Hall–Kier alpha value is -1.79. The lowest BCUT2D eigenvalue weighted by Crippen LogP contribution is -2.24. The monoisotopic (exact) mass is 258 g/mol. The van der Waals surface area contributed by atoms with Crippen molar-refractivity contribution in [1.82, 2.24) is 0 Å². The van der Waals surface area contributed by atoms with Gasteiger partial charge in [-0.25, -0.2) is 0 Å². The second-order valence-corrected chi connectivity index (χ2v) is 5.06. The molecule has 0 aliphatic heterocycles. The molecule has 0 heterocycles. The molecule has 1 unspecified atom stereocenters. The maximum Gasteiger partial charge on any atom is 0.227 e. The molecule has 3 N–H and O–H groups in total. The first kappa shape index (κ1) is 15.3. The maximum atomic E-state index is 12.0. The van der Waals surface area contributed by atoms with E-state index >= 15 is 0 Å². The van der Waals surface area contributed by atoms with Crippen LogP contribution in [0.15, 0.2) is 18.2 Å². The Morgan fingerprint density at radius 3 is 2.58 bits per heavy atom. The lowest BCUT2D eigenvalue weighted by Gasteiger charge is -2.16. The topological polar surface area (TPSA) is 55.1 Å². The van der Waals surface area contributed by atoms with Gasteiger partial charge >= 0.3 is 0 Å². The standard InChI is InChI=1S/C16H22N2O/c1-11(2)13(4)16(19)18-15-8-7-14(6-5-9-17)10-12(15)3/h7-8,10-11,13H,9,17H2,1-4H3,(H,18,19). The highest BCUT2D eigenvalue weighted by Crippen LogP contribution is 2.19. The van der Waals surface area contributed by atoms with Gasteiger partial charge in [-0.05, 0) is 36.6 Å². The summed E-state index contributed by atoms with van der Waals surface area (Å²) in [6, 6.07) is 5.74. The second kappa shape index (κ2) is 6.96. The second-order valence-electron chi connectivity index (χ2n) is 5.06. The smallest absolute Gasteiger partial charge is 0.227 e. The molecule has 3 heteroatoms. The molecule has 0 saturated carbocycles. The predicted octanol–water partition coefficient (Wildman–Crippen LogP) is 2.54. The van der Waals surface area contributed by atoms with Crippen molar-refractivity contribution in [3.05, 3.63) is 29.3 Å². The van der Waals surface area contributed by atoms with Gasteiger partial charge in [0.05, 0.1) is 6.54 Å². The van der Waals surface area contributed by atoms with Crippen LogP contribution >= 0.6 is 0 Å². The fourth-order valence-electron chi connectivity index (χ4n) is 1.58. The largest absolute Gasteiger partial charge is 0.326 e. The molecule has 1 aromatic carbocycles. The number of amides is 1. The molecule has 0 radical (unpaired) electrons. The average molecular weight is 258 g/mol. The van der Waals surface area contributed by atoms with Crippen LogP contribution in [0.2, 0.25) is 0 Å². The number of hydrogen-bond acceptors (Lipinski definition) is 2. The molecule has 0 bridgehead atoms. The minimum atomic E-state index is -0.00360. The Bertz CT molecular complexity index is 509. The van der Waals surface area contributed by atoms with E-state index < -0.39 is 0 Å². The summed E-state index contributed by atoms with van der Waals surface area (Å²) in [5.74, 6) is 6.17. The molecule has 1 atom stereocenters. The van der Waals surface area contributed by atoms with Gasteiger partial charge in [-0.1, -0.05) is 32.6 Å². The molecule has 0 aliphatic carbocycles. The number of nitrogens with two attached hydrogens (primary N) is 1. The zero-order chi connectivity index (χ0) is 14.4. The zero-order valence-corrected chi connectivity index (χ0v) is 12.1. The van der Waals surface area contributed by atoms with Gasteiger partial charge in [-0.3, -0.25) is 4.79 Å². The highest BCUT2D eigenvalue weighted by atomic mass is 16.1. The molecule has 1 rings (SSSR count). The van der Waals surface area contributed by atoms with Gasteiger partial charge in [-0.15, -0.1) is 0 Å². The van der Waals surface area contributed by atoms with Gasteiger partial charge in [0.25, 0.3) is 0 Å². The summed E-state index contributed by atoms with van der Waals surface area (Å²) in [4.78, 5) is 12.0. The first-order chi connectivity index (χ1) is 8.95. The molecule has 3 nitrogen and oxygen atoms in total. The molecule has 102 valence electrons. The van der Waals surface area contributed by atoms with Crippen molar-refractivity contribution in [2.24, 2.45) is 17.6 Å². The van der Waals surface area contributed by atoms with Crippen LogP contribution in [0.25, 0.3) is 0 Å². The third-order valence-electron chi connectivity index (χ3n) is 3.23. The van der Waals surface area contributed by atoms with Crippen molar-refractivity contribution in [3.63, 3.8) is 0 Å². The lowest BCUT2D eigenvalue weighted by molar-refractivity contribution is -0.120. The van der Waals surface area contributed by atoms with E-state index in [2.05, 4.69) is 17.2 Å². The van der Waals surface area contributed by atoms with Crippen LogP contribution in [0, 0.1) is 30.6 Å². The number of carbonyl (C=O) groups is 1. The van der Waals surface area contributed by atoms with Crippen LogP contribution in [0.3, 0.4) is 0 Å². The summed E-state index contributed by atoms with van der Waals surface area (Å²) < 4.78 is 0. The maximum absolute atomic E-state index is 12.0. The molecular formula is C16H22N2O. The molecule has 19 heavy (non-hydrogen) atoms. The van der Waals surface area contributed by atoms with Gasteiger partial charge in [0.2, 0.25) is 5.91 Å². The van der Waals surface area contributed by atoms with Gasteiger partial charge in [0, 0.05) is 17.2 Å². The number of benzene rings is 1.